The van der Waals surface area contributed by atoms with Crippen LogP contribution in [0.25, 0.3) is 0 Å². The van der Waals surface area contributed by atoms with Crippen LogP contribution in [0.5, 0.6) is 5.75 Å². The highest BCUT2D eigenvalue weighted by Crippen LogP contribution is 2.23. The number of carbonyl (C=O) groups excluding carboxylic acids is 1. The maximum Gasteiger partial charge on any atom is 0.338 e. The number of benzene rings is 1. The lowest BCUT2D eigenvalue weighted by atomic mass is 9.97. The smallest absolute Gasteiger partial charge is 0.338 e. The molecule has 0 aliphatic heterocycles. The van der Waals surface area contributed by atoms with Crippen molar-refractivity contribution in [3.63, 3.8) is 0 Å². The number of phenols is 1. The Morgan fingerprint density at radius 3 is 2.57 bits per heavy atom. The van der Waals surface area contributed by atoms with E-state index < -0.39 is 5.97 Å². The molecule has 0 heterocycles. The quantitative estimate of drug-likeness (QED) is 0.735. The van der Waals surface area contributed by atoms with E-state index in [2.05, 4.69) is 4.74 Å². The highest BCUT2D eigenvalue weighted by molar-refractivity contribution is 5.91. The summed E-state index contributed by atoms with van der Waals surface area (Å²) in [7, 11) is 1.33. The second kappa shape index (κ2) is 4.13. The molecule has 3 heteroatoms. The van der Waals surface area contributed by atoms with Gasteiger partial charge < -0.3 is 9.84 Å². The van der Waals surface area contributed by atoms with Crippen molar-refractivity contribution in [2.75, 3.05) is 7.11 Å². The highest BCUT2D eigenvalue weighted by Gasteiger charge is 2.14. The Morgan fingerprint density at radius 1 is 1.43 bits per heavy atom. The van der Waals surface area contributed by atoms with E-state index in [0.29, 0.717) is 5.56 Å². The zero-order valence-electron chi connectivity index (χ0n) is 8.57. The molecule has 1 rings (SSSR count). The van der Waals surface area contributed by atoms with Gasteiger partial charge in [-0.15, -0.1) is 0 Å². The maximum absolute atomic E-state index is 11.4. The zero-order valence-corrected chi connectivity index (χ0v) is 8.57. The molecule has 3 nitrogen and oxygen atoms in total. The summed E-state index contributed by atoms with van der Waals surface area (Å²) >= 11 is 0. The van der Waals surface area contributed by atoms with Crippen LogP contribution in [0.3, 0.4) is 0 Å². The summed E-state index contributed by atoms with van der Waals surface area (Å²) in [6.45, 7) is 3.97. The first-order valence-corrected chi connectivity index (χ1v) is 4.47. The van der Waals surface area contributed by atoms with Crippen molar-refractivity contribution in [2.24, 2.45) is 0 Å². The third-order valence-electron chi connectivity index (χ3n) is 2.06. The Balaban J connectivity index is 3.22. The number of hydrogen-bond acceptors (Lipinski definition) is 3. The molecule has 0 unspecified atom stereocenters. The minimum absolute atomic E-state index is 0.0785. The summed E-state index contributed by atoms with van der Waals surface area (Å²) in [5.74, 6) is -0.107. The molecule has 0 fully saturated rings. The standard InChI is InChI=1S/C11H14O3/c1-7(2)9-5-4-8(12)6-10(9)11(13)14-3/h4-7,12H,1-3H3. The second-order valence-electron chi connectivity index (χ2n) is 3.42. The predicted octanol–water partition coefficient (Wildman–Crippen LogP) is 2.30. The first kappa shape index (κ1) is 10.6. The summed E-state index contributed by atoms with van der Waals surface area (Å²) in [6.07, 6.45) is 0. The molecular formula is C11H14O3. The summed E-state index contributed by atoms with van der Waals surface area (Å²) in [5, 5.41) is 9.26. The lowest BCUT2D eigenvalue weighted by molar-refractivity contribution is 0.0598. The van der Waals surface area contributed by atoms with Crippen LogP contribution >= 0.6 is 0 Å². The van der Waals surface area contributed by atoms with Crippen molar-refractivity contribution < 1.29 is 14.6 Å². The van der Waals surface area contributed by atoms with Crippen molar-refractivity contribution in [2.45, 2.75) is 19.8 Å². The highest BCUT2D eigenvalue weighted by atomic mass is 16.5. The van der Waals surface area contributed by atoms with E-state index in [9.17, 15) is 9.90 Å². The van der Waals surface area contributed by atoms with Crippen molar-refractivity contribution in [3.05, 3.63) is 29.3 Å². The van der Waals surface area contributed by atoms with Gasteiger partial charge in [0.2, 0.25) is 0 Å². The normalized spacial score (nSPS) is 10.3. The van der Waals surface area contributed by atoms with Crippen LogP contribution in [0, 0.1) is 0 Å². The van der Waals surface area contributed by atoms with Gasteiger partial charge in [-0.1, -0.05) is 19.9 Å². The molecule has 0 radical (unpaired) electrons. The first-order valence-electron chi connectivity index (χ1n) is 4.47. The zero-order chi connectivity index (χ0) is 10.7. The fourth-order valence-electron chi connectivity index (χ4n) is 1.33. The van der Waals surface area contributed by atoms with Crippen LogP contribution in [0.15, 0.2) is 18.2 Å². The monoisotopic (exact) mass is 194 g/mol. The number of rotatable bonds is 2. The molecule has 0 aliphatic carbocycles. The second-order valence-corrected chi connectivity index (χ2v) is 3.42. The van der Waals surface area contributed by atoms with Gasteiger partial charge in [-0.2, -0.15) is 0 Å². The summed E-state index contributed by atoms with van der Waals surface area (Å²) in [4.78, 5) is 11.4. The van der Waals surface area contributed by atoms with E-state index >= 15 is 0 Å². The summed E-state index contributed by atoms with van der Waals surface area (Å²) < 4.78 is 4.63. The molecular weight excluding hydrogens is 180 g/mol. The van der Waals surface area contributed by atoms with Gasteiger partial charge in [0.05, 0.1) is 12.7 Å². The van der Waals surface area contributed by atoms with Crippen LogP contribution < -0.4 is 0 Å². The molecule has 0 saturated heterocycles. The topological polar surface area (TPSA) is 46.5 Å². The van der Waals surface area contributed by atoms with E-state index in [1.807, 2.05) is 13.8 Å². The van der Waals surface area contributed by atoms with Gasteiger partial charge in [-0.3, -0.25) is 0 Å². The molecule has 0 amide bonds. The van der Waals surface area contributed by atoms with Gasteiger partial charge in [0.1, 0.15) is 5.75 Å². The van der Waals surface area contributed by atoms with Gasteiger partial charge in [0.25, 0.3) is 0 Å². The van der Waals surface area contributed by atoms with Gasteiger partial charge in [0.15, 0.2) is 0 Å². The molecule has 1 aromatic rings. The van der Waals surface area contributed by atoms with E-state index in [-0.39, 0.29) is 11.7 Å². The van der Waals surface area contributed by atoms with E-state index in [1.54, 1.807) is 12.1 Å². The van der Waals surface area contributed by atoms with E-state index in [4.69, 9.17) is 0 Å². The average molecular weight is 194 g/mol. The van der Waals surface area contributed by atoms with E-state index in [1.165, 1.54) is 13.2 Å². The first-order chi connectivity index (χ1) is 6.56. The number of hydrogen-bond donors (Lipinski definition) is 1. The largest absolute Gasteiger partial charge is 0.508 e. The van der Waals surface area contributed by atoms with Crippen LogP contribution in [-0.4, -0.2) is 18.2 Å². The SMILES string of the molecule is COC(=O)c1cc(O)ccc1C(C)C. The predicted molar refractivity (Wildman–Crippen MR) is 53.5 cm³/mol. The molecule has 0 bridgehead atoms. The number of phenolic OH excluding ortho intramolecular Hbond substituents is 1. The maximum atomic E-state index is 11.4. The van der Waals surface area contributed by atoms with Crippen LogP contribution in [0.4, 0.5) is 0 Å². The van der Waals surface area contributed by atoms with Crippen molar-refractivity contribution in [1.82, 2.24) is 0 Å². The molecule has 0 aromatic heterocycles. The molecule has 76 valence electrons. The fraction of sp³-hybridized carbons (Fsp3) is 0.364. The Kier molecular flexibility index (Phi) is 3.12. The van der Waals surface area contributed by atoms with Crippen LogP contribution in [-0.2, 0) is 4.74 Å². The minimum atomic E-state index is -0.412. The number of methoxy groups -OCH3 is 1. The number of ether oxygens (including phenoxy) is 1. The molecule has 0 aliphatic rings. The van der Waals surface area contributed by atoms with Crippen molar-refractivity contribution in [1.29, 1.82) is 0 Å². The van der Waals surface area contributed by atoms with E-state index in [0.717, 1.165) is 5.56 Å². The Labute approximate surface area is 83.3 Å². The fourth-order valence-corrected chi connectivity index (χ4v) is 1.33. The molecule has 1 aromatic carbocycles. The molecule has 14 heavy (non-hydrogen) atoms. The molecule has 1 N–H and O–H groups in total. The lowest BCUT2D eigenvalue weighted by Gasteiger charge is -2.10. The third-order valence-corrected chi connectivity index (χ3v) is 2.06. The summed E-state index contributed by atoms with van der Waals surface area (Å²) in [5.41, 5.74) is 1.32. The number of aromatic hydroxyl groups is 1. The van der Waals surface area contributed by atoms with Crippen molar-refractivity contribution >= 4 is 5.97 Å². The lowest BCUT2D eigenvalue weighted by Crippen LogP contribution is -2.06. The molecule has 0 saturated carbocycles. The van der Waals surface area contributed by atoms with Crippen molar-refractivity contribution in [3.8, 4) is 5.75 Å². The molecule has 0 spiro atoms. The minimum Gasteiger partial charge on any atom is -0.508 e. The van der Waals surface area contributed by atoms with Gasteiger partial charge in [-0.25, -0.2) is 4.79 Å². The summed E-state index contributed by atoms with van der Waals surface area (Å²) in [6, 6.07) is 4.75. The Bertz CT molecular complexity index is 342. The Morgan fingerprint density at radius 2 is 2.07 bits per heavy atom. The van der Waals surface area contributed by atoms with Crippen LogP contribution in [0.1, 0.15) is 35.7 Å². The van der Waals surface area contributed by atoms with Gasteiger partial charge >= 0.3 is 5.97 Å². The number of esters is 1. The third kappa shape index (κ3) is 2.05. The van der Waals surface area contributed by atoms with Gasteiger partial charge in [-0.05, 0) is 23.6 Å². The number of carbonyl (C=O) groups is 1. The van der Waals surface area contributed by atoms with Gasteiger partial charge in [0, 0.05) is 0 Å². The Hall–Kier alpha value is -1.51. The average Bonchev–Trinajstić information content (AvgIpc) is 2.16. The molecule has 0 atom stereocenters. The van der Waals surface area contributed by atoms with Crippen LogP contribution in [0.2, 0.25) is 0 Å².